The molecule has 0 unspecified atom stereocenters. The average molecular weight is 382 g/mol. The summed E-state index contributed by atoms with van der Waals surface area (Å²) in [7, 11) is 0. The summed E-state index contributed by atoms with van der Waals surface area (Å²) in [6.45, 7) is 3.88. The molecule has 0 spiro atoms. The van der Waals surface area contributed by atoms with E-state index in [2.05, 4.69) is 15.6 Å². The molecule has 0 aliphatic carbocycles. The number of carbonyl (C=O) groups excluding carboxylic acids is 1. The van der Waals surface area contributed by atoms with Crippen molar-refractivity contribution in [3.63, 3.8) is 0 Å². The van der Waals surface area contributed by atoms with E-state index in [1.165, 1.54) is 6.20 Å². The molecule has 0 aliphatic rings. The number of hydrogen-bond donors (Lipinski definition) is 2. The van der Waals surface area contributed by atoms with E-state index >= 15 is 0 Å². The van der Waals surface area contributed by atoms with E-state index in [0.29, 0.717) is 27.7 Å². The third-order valence-corrected chi connectivity index (χ3v) is 3.85. The van der Waals surface area contributed by atoms with Crippen molar-refractivity contribution in [2.75, 3.05) is 10.6 Å². The number of halogens is 1. The average Bonchev–Trinajstić information content (AvgIpc) is 2.63. The number of amides is 1. The monoisotopic (exact) mass is 381 g/mol. The Labute approximate surface area is 163 Å². The standard InChI is InChI=1S/C21H20ClN3O2/c1-14(2)27-20-9-4-3-8-19(20)25-21(26)15-10-18(13-23-12-15)24-17-7-5-6-16(22)11-17/h3-14,24H,1-2H3,(H,25,26). The number of nitrogens with zero attached hydrogens (tertiary/aromatic N) is 1. The van der Waals surface area contributed by atoms with Gasteiger partial charge in [-0.2, -0.15) is 0 Å². The first-order valence-electron chi connectivity index (χ1n) is 8.56. The number of rotatable bonds is 6. The summed E-state index contributed by atoms with van der Waals surface area (Å²) in [5.74, 6) is 0.360. The zero-order chi connectivity index (χ0) is 19.2. The van der Waals surface area contributed by atoms with Gasteiger partial charge in [0, 0.05) is 16.9 Å². The summed E-state index contributed by atoms with van der Waals surface area (Å²) >= 11 is 6.00. The third-order valence-electron chi connectivity index (χ3n) is 3.61. The van der Waals surface area contributed by atoms with Crippen LogP contribution < -0.4 is 15.4 Å². The van der Waals surface area contributed by atoms with Gasteiger partial charge in [-0.3, -0.25) is 9.78 Å². The number of para-hydroxylation sites is 2. The van der Waals surface area contributed by atoms with Crippen molar-refractivity contribution < 1.29 is 9.53 Å². The molecule has 0 aliphatic heterocycles. The molecule has 0 atom stereocenters. The van der Waals surface area contributed by atoms with Crippen LogP contribution in [0.3, 0.4) is 0 Å². The topological polar surface area (TPSA) is 63.2 Å². The van der Waals surface area contributed by atoms with Gasteiger partial charge in [0.2, 0.25) is 0 Å². The minimum absolute atomic E-state index is 0.00921. The second-order valence-corrected chi connectivity index (χ2v) is 6.65. The summed E-state index contributed by atoms with van der Waals surface area (Å²) in [5, 5.41) is 6.70. The molecule has 0 fully saturated rings. The highest BCUT2D eigenvalue weighted by Crippen LogP contribution is 2.26. The van der Waals surface area contributed by atoms with Gasteiger partial charge < -0.3 is 15.4 Å². The minimum Gasteiger partial charge on any atom is -0.489 e. The first-order chi connectivity index (χ1) is 13.0. The van der Waals surface area contributed by atoms with E-state index in [0.717, 1.165) is 5.69 Å². The molecular weight excluding hydrogens is 362 g/mol. The van der Waals surface area contributed by atoms with Crippen LogP contribution in [0.1, 0.15) is 24.2 Å². The van der Waals surface area contributed by atoms with Gasteiger partial charge in [0.25, 0.3) is 5.91 Å². The SMILES string of the molecule is CC(C)Oc1ccccc1NC(=O)c1cncc(Nc2cccc(Cl)c2)c1. The Balaban J connectivity index is 1.76. The minimum atomic E-state index is -0.267. The summed E-state index contributed by atoms with van der Waals surface area (Å²) in [5.41, 5.74) is 2.56. The molecule has 5 nitrogen and oxygen atoms in total. The van der Waals surface area contributed by atoms with Crippen LogP contribution in [-0.2, 0) is 0 Å². The smallest absolute Gasteiger partial charge is 0.257 e. The molecule has 6 heteroatoms. The molecule has 0 radical (unpaired) electrons. The molecule has 2 N–H and O–H groups in total. The molecule has 0 saturated heterocycles. The second kappa shape index (κ2) is 8.56. The van der Waals surface area contributed by atoms with Crippen molar-refractivity contribution in [1.29, 1.82) is 0 Å². The Kier molecular flexibility index (Phi) is 5.94. The number of hydrogen-bond acceptors (Lipinski definition) is 4. The van der Waals surface area contributed by atoms with Gasteiger partial charge in [-0.05, 0) is 50.2 Å². The Morgan fingerprint density at radius 3 is 2.63 bits per heavy atom. The largest absolute Gasteiger partial charge is 0.489 e. The molecule has 1 amide bonds. The van der Waals surface area contributed by atoms with Gasteiger partial charge in [0.1, 0.15) is 5.75 Å². The van der Waals surface area contributed by atoms with E-state index in [9.17, 15) is 4.79 Å². The van der Waals surface area contributed by atoms with Crippen molar-refractivity contribution in [1.82, 2.24) is 4.98 Å². The molecule has 0 bridgehead atoms. The third kappa shape index (κ3) is 5.21. The first-order valence-corrected chi connectivity index (χ1v) is 8.94. The number of nitrogens with one attached hydrogen (secondary N) is 2. The van der Waals surface area contributed by atoms with Gasteiger partial charge in [0.05, 0.1) is 29.2 Å². The van der Waals surface area contributed by atoms with E-state index < -0.39 is 0 Å². The highest BCUT2D eigenvalue weighted by molar-refractivity contribution is 6.30. The lowest BCUT2D eigenvalue weighted by Crippen LogP contribution is -2.15. The maximum absolute atomic E-state index is 12.7. The first kappa shape index (κ1) is 18.7. The van der Waals surface area contributed by atoms with Crippen molar-refractivity contribution in [2.24, 2.45) is 0 Å². The van der Waals surface area contributed by atoms with Crippen molar-refractivity contribution in [3.8, 4) is 5.75 Å². The Hall–Kier alpha value is -3.05. The summed E-state index contributed by atoms with van der Waals surface area (Å²) in [6.07, 6.45) is 3.17. The van der Waals surface area contributed by atoms with Gasteiger partial charge in [-0.25, -0.2) is 0 Å². The van der Waals surface area contributed by atoms with E-state index in [4.69, 9.17) is 16.3 Å². The Morgan fingerprint density at radius 2 is 1.85 bits per heavy atom. The highest BCUT2D eigenvalue weighted by atomic mass is 35.5. The fourth-order valence-corrected chi connectivity index (χ4v) is 2.68. The van der Waals surface area contributed by atoms with Crippen LogP contribution in [0.25, 0.3) is 0 Å². The van der Waals surface area contributed by atoms with Crippen LogP contribution in [0.4, 0.5) is 17.1 Å². The number of aromatic nitrogens is 1. The molecule has 138 valence electrons. The van der Waals surface area contributed by atoms with Gasteiger partial charge in [-0.15, -0.1) is 0 Å². The Bertz CT molecular complexity index is 944. The predicted molar refractivity (Wildman–Crippen MR) is 109 cm³/mol. The molecule has 3 aromatic rings. The van der Waals surface area contributed by atoms with Gasteiger partial charge in [-0.1, -0.05) is 29.8 Å². The molecule has 3 rings (SSSR count). The van der Waals surface area contributed by atoms with Crippen LogP contribution in [0.2, 0.25) is 5.02 Å². The lowest BCUT2D eigenvalue weighted by atomic mass is 10.2. The van der Waals surface area contributed by atoms with Crippen molar-refractivity contribution >= 4 is 34.6 Å². The molecular formula is C21H20ClN3O2. The molecule has 1 aromatic heterocycles. The van der Waals surface area contributed by atoms with Crippen LogP contribution >= 0.6 is 11.6 Å². The fraction of sp³-hybridized carbons (Fsp3) is 0.143. The number of benzene rings is 2. The predicted octanol–water partition coefficient (Wildman–Crippen LogP) is 5.52. The quantitative estimate of drug-likeness (QED) is 0.590. The van der Waals surface area contributed by atoms with E-state index in [-0.39, 0.29) is 12.0 Å². The van der Waals surface area contributed by atoms with Crippen LogP contribution in [0, 0.1) is 0 Å². The van der Waals surface area contributed by atoms with Crippen LogP contribution in [0.15, 0.2) is 67.0 Å². The summed E-state index contributed by atoms with van der Waals surface area (Å²) in [4.78, 5) is 16.8. The maximum Gasteiger partial charge on any atom is 0.257 e. The van der Waals surface area contributed by atoms with Crippen molar-refractivity contribution in [2.45, 2.75) is 20.0 Å². The van der Waals surface area contributed by atoms with Gasteiger partial charge in [0.15, 0.2) is 0 Å². The van der Waals surface area contributed by atoms with E-state index in [1.807, 2.05) is 44.2 Å². The number of anilines is 3. The molecule has 0 saturated carbocycles. The zero-order valence-electron chi connectivity index (χ0n) is 15.1. The molecule has 27 heavy (non-hydrogen) atoms. The van der Waals surface area contributed by atoms with Gasteiger partial charge >= 0.3 is 0 Å². The molecule has 2 aromatic carbocycles. The molecule has 1 heterocycles. The Morgan fingerprint density at radius 1 is 1.04 bits per heavy atom. The zero-order valence-corrected chi connectivity index (χ0v) is 15.8. The van der Waals surface area contributed by atoms with Crippen LogP contribution in [-0.4, -0.2) is 17.0 Å². The van der Waals surface area contributed by atoms with Crippen molar-refractivity contribution in [3.05, 3.63) is 77.6 Å². The highest BCUT2D eigenvalue weighted by Gasteiger charge is 2.12. The maximum atomic E-state index is 12.7. The lowest BCUT2D eigenvalue weighted by Gasteiger charge is -2.15. The summed E-state index contributed by atoms with van der Waals surface area (Å²) in [6, 6.07) is 16.4. The van der Waals surface area contributed by atoms with E-state index in [1.54, 1.807) is 30.5 Å². The number of pyridine rings is 1. The summed E-state index contributed by atoms with van der Waals surface area (Å²) < 4.78 is 5.74. The number of carbonyl (C=O) groups is 1. The lowest BCUT2D eigenvalue weighted by molar-refractivity contribution is 0.102. The number of ether oxygens (including phenoxy) is 1. The second-order valence-electron chi connectivity index (χ2n) is 6.21. The normalized spacial score (nSPS) is 10.5. The van der Waals surface area contributed by atoms with Crippen LogP contribution in [0.5, 0.6) is 5.75 Å². The fourth-order valence-electron chi connectivity index (χ4n) is 2.49.